The van der Waals surface area contributed by atoms with Crippen molar-refractivity contribution in [2.45, 2.75) is 47.9 Å². The highest BCUT2D eigenvalue weighted by Gasteiger charge is 2.60. The van der Waals surface area contributed by atoms with Crippen LogP contribution in [0.15, 0.2) is 109 Å². The second-order valence-electron chi connectivity index (χ2n) is 14.3. The number of esters is 4. The number of nitro groups is 2. The molecule has 0 radical (unpaired) electrons. The lowest BCUT2D eigenvalue weighted by Gasteiger charge is -2.40. The molecule has 0 aliphatic heterocycles. The summed E-state index contributed by atoms with van der Waals surface area (Å²) in [4.78, 5) is 73.2. The molecule has 6 rings (SSSR count). The fourth-order valence-electron chi connectivity index (χ4n) is 8.18. The van der Waals surface area contributed by atoms with E-state index in [1.165, 1.54) is 84.9 Å². The van der Waals surface area contributed by atoms with Crippen LogP contribution in [0.25, 0.3) is 11.1 Å². The van der Waals surface area contributed by atoms with E-state index < -0.39 is 81.6 Å². The van der Waals surface area contributed by atoms with E-state index in [9.17, 15) is 65.7 Å². The highest BCUT2D eigenvalue weighted by molar-refractivity contribution is 6.11. The number of nitro benzene ring substituents is 2. The topological polar surface area (TPSA) is 191 Å². The second-order valence-corrected chi connectivity index (χ2v) is 14.3. The van der Waals surface area contributed by atoms with Crippen molar-refractivity contribution in [3.63, 3.8) is 0 Å². The summed E-state index contributed by atoms with van der Waals surface area (Å²) in [5.41, 5.74) is -4.53. The van der Waals surface area contributed by atoms with Gasteiger partial charge in [-0.15, -0.1) is 0 Å². The minimum Gasteiger partial charge on any atom is -0.468 e. The van der Waals surface area contributed by atoms with Crippen LogP contribution in [-0.4, -0.2) is 74.5 Å². The number of carbonyl (C=O) groups excluding carboxylic acids is 4. The van der Waals surface area contributed by atoms with Gasteiger partial charge in [-0.25, -0.2) is 0 Å². The van der Waals surface area contributed by atoms with Gasteiger partial charge in [0.25, 0.3) is 11.4 Å². The van der Waals surface area contributed by atoms with E-state index in [2.05, 4.69) is 0 Å². The maximum absolute atomic E-state index is 13.3. The van der Waals surface area contributed by atoms with Crippen molar-refractivity contribution in [3.8, 4) is 0 Å². The molecule has 64 heavy (non-hydrogen) atoms. The van der Waals surface area contributed by atoms with Gasteiger partial charge in [-0.1, -0.05) is 84.9 Å². The first kappa shape index (κ1) is 47.7. The summed E-state index contributed by atoms with van der Waals surface area (Å²) in [5, 5.41) is 22.0. The molecular formula is C44H36F6N2O12. The van der Waals surface area contributed by atoms with E-state index in [0.29, 0.717) is 0 Å². The van der Waals surface area contributed by atoms with E-state index in [4.69, 9.17) is 18.9 Å². The van der Waals surface area contributed by atoms with E-state index in [1.807, 2.05) is 0 Å². The molecule has 2 aliphatic carbocycles. The van der Waals surface area contributed by atoms with Crippen LogP contribution in [0.4, 0.5) is 37.7 Å². The molecule has 0 heterocycles. The van der Waals surface area contributed by atoms with Gasteiger partial charge in [0.1, 0.15) is 0 Å². The molecule has 20 heteroatoms. The van der Waals surface area contributed by atoms with E-state index in [-0.39, 0.29) is 55.9 Å². The molecule has 2 aliphatic rings. The van der Waals surface area contributed by atoms with Crippen molar-refractivity contribution < 1.29 is 74.3 Å². The molecule has 0 spiro atoms. The first-order chi connectivity index (χ1) is 30.1. The first-order valence-electron chi connectivity index (χ1n) is 18.7. The number of rotatable bonds is 10. The van der Waals surface area contributed by atoms with Gasteiger partial charge in [-0.3, -0.25) is 39.4 Å². The summed E-state index contributed by atoms with van der Waals surface area (Å²) in [6.45, 7) is 0. The van der Waals surface area contributed by atoms with Crippen molar-refractivity contribution in [1.29, 1.82) is 0 Å². The van der Waals surface area contributed by atoms with Crippen molar-refractivity contribution >= 4 is 46.4 Å². The smallest absolute Gasteiger partial charge is 0.393 e. The monoisotopic (exact) mass is 898 g/mol. The number of hydrogen-bond donors (Lipinski definition) is 0. The Hall–Kier alpha value is -7.38. The highest BCUT2D eigenvalue weighted by Crippen LogP contribution is 2.53. The molecule has 336 valence electrons. The average molecular weight is 899 g/mol. The SMILES string of the molecule is COC(=O)C1(C(=O)OC)c2ccccc2C(CC(F)(F)F)=C[C@@H]1c1ccc([N+](=O)[O-])cc1.COC(=O)C1(C(=O)OC)c2ccccc2C(CC(F)(F)F)=C[C@H]1c1ccc([N+](=O)[O-])cc1. The molecule has 4 aromatic rings. The lowest BCUT2D eigenvalue weighted by Crippen LogP contribution is -2.51. The van der Waals surface area contributed by atoms with E-state index in [1.54, 1.807) is 0 Å². The molecule has 2 atom stereocenters. The summed E-state index contributed by atoms with van der Waals surface area (Å²) in [7, 11) is 4.21. The Labute approximate surface area is 359 Å². The second kappa shape index (κ2) is 18.5. The van der Waals surface area contributed by atoms with Crippen LogP contribution in [0.1, 0.15) is 58.1 Å². The summed E-state index contributed by atoms with van der Waals surface area (Å²) < 4.78 is 99.8. The third-order valence-corrected chi connectivity index (χ3v) is 10.8. The fourth-order valence-corrected chi connectivity index (χ4v) is 8.18. The Morgan fingerprint density at radius 1 is 0.516 bits per heavy atom. The lowest BCUT2D eigenvalue weighted by atomic mass is 9.61. The number of ether oxygens (including phenoxy) is 4. The van der Waals surface area contributed by atoms with E-state index in [0.717, 1.165) is 52.7 Å². The number of benzene rings is 4. The number of halogens is 6. The first-order valence-corrected chi connectivity index (χ1v) is 18.7. The molecule has 0 unspecified atom stereocenters. The number of methoxy groups -OCH3 is 4. The summed E-state index contributed by atoms with van der Waals surface area (Å²) >= 11 is 0. The molecule has 0 N–H and O–H groups in total. The zero-order valence-corrected chi connectivity index (χ0v) is 34.0. The van der Waals surface area contributed by atoms with Gasteiger partial charge >= 0.3 is 36.2 Å². The number of fused-ring (bicyclic) bond motifs is 2. The zero-order chi connectivity index (χ0) is 47.4. The zero-order valence-electron chi connectivity index (χ0n) is 34.0. The molecule has 0 amide bonds. The standard InChI is InChI=1S/2C22H18F3NO6/c2*1-31-19(27)22(20(28)32-2)17-6-4-3-5-16(17)14(12-21(23,24)25)11-18(22)13-7-9-15(10-8-13)26(29)30/h2*3-11,18H,12H2,1-2H3/t2*18-/m10/s1. The van der Waals surface area contributed by atoms with Gasteiger partial charge in [0, 0.05) is 36.1 Å². The average Bonchev–Trinajstić information content (AvgIpc) is 3.27. The predicted octanol–water partition coefficient (Wildman–Crippen LogP) is 8.62. The Kier molecular flexibility index (Phi) is 13.8. The van der Waals surface area contributed by atoms with Crippen LogP contribution < -0.4 is 0 Å². The van der Waals surface area contributed by atoms with Crippen LogP contribution in [-0.2, 0) is 49.0 Å². The number of allylic oxidation sites excluding steroid dienone is 4. The number of alkyl halides is 6. The van der Waals surface area contributed by atoms with Crippen LogP contribution in [0.3, 0.4) is 0 Å². The molecule has 0 saturated heterocycles. The summed E-state index contributed by atoms with van der Waals surface area (Å²) in [6.07, 6.45) is -9.35. The highest BCUT2D eigenvalue weighted by atomic mass is 19.4. The maximum Gasteiger partial charge on any atom is 0.393 e. The molecule has 0 aromatic heterocycles. The number of hydrogen-bond acceptors (Lipinski definition) is 12. The number of non-ortho nitro benzene ring substituents is 2. The largest absolute Gasteiger partial charge is 0.468 e. The minimum absolute atomic E-state index is 0.00352. The van der Waals surface area contributed by atoms with E-state index >= 15 is 0 Å². The quantitative estimate of drug-likeness (QED) is 0.0368. The number of carbonyl (C=O) groups is 4. The molecule has 0 fully saturated rings. The van der Waals surface area contributed by atoms with Gasteiger partial charge in [-0.05, 0) is 44.5 Å². The van der Waals surface area contributed by atoms with Gasteiger partial charge in [-0.2, -0.15) is 26.3 Å². The lowest BCUT2D eigenvalue weighted by molar-refractivity contribution is -0.385. The minimum atomic E-state index is -4.56. The van der Waals surface area contributed by atoms with Gasteiger partial charge in [0.05, 0.1) is 51.1 Å². The summed E-state index contributed by atoms with van der Waals surface area (Å²) in [6, 6.07) is 21.2. The van der Waals surface area contributed by atoms with Crippen LogP contribution in [0.5, 0.6) is 0 Å². The van der Waals surface area contributed by atoms with Crippen LogP contribution >= 0.6 is 0 Å². The fraction of sp³-hybridized carbons (Fsp3) is 0.273. The Morgan fingerprint density at radius 2 is 0.797 bits per heavy atom. The Morgan fingerprint density at radius 3 is 1.05 bits per heavy atom. The predicted molar refractivity (Wildman–Crippen MR) is 213 cm³/mol. The van der Waals surface area contributed by atoms with Gasteiger partial charge in [0.15, 0.2) is 0 Å². The van der Waals surface area contributed by atoms with Crippen molar-refractivity contribution in [1.82, 2.24) is 0 Å². The molecule has 0 saturated carbocycles. The Bertz CT molecular complexity index is 2330. The van der Waals surface area contributed by atoms with Crippen LogP contribution in [0.2, 0.25) is 0 Å². The van der Waals surface area contributed by atoms with Gasteiger partial charge in [0.2, 0.25) is 10.8 Å². The normalized spacial score (nSPS) is 17.0. The Balaban J connectivity index is 0.000000241. The third-order valence-electron chi connectivity index (χ3n) is 10.8. The molecule has 14 nitrogen and oxygen atoms in total. The van der Waals surface area contributed by atoms with Crippen molar-refractivity contribution in [2.75, 3.05) is 28.4 Å². The third kappa shape index (κ3) is 8.93. The van der Waals surface area contributed by atoms with Gasteiger partial charge < -0.3 is 18.9 Å². The number of nitrogens with zero attached hydrogens (tertiary/aromatic N) is 2. The summed E-state index contributed by atoms with van der Waals surface area (Å²) in [5.74, 6) is -6.64. The molecular weight excluding hydrogens is 862 g/mol. The maximum atomic E-state index is 13.3. The van der Waals surface area contributed by atoms with Crippen molar-refractivity contribution in [3.05, 3.63) is 163 Å². The molecule has 4 aromatic carbocycles. The van der Waals surface area contributed by atoms with Crippen molar-refractivity contribution in [2.24, 2.45) is 0 Å². The molecule has 0 bridgehead atoms. The van der Waals surface area contributed by atoms with Crippen LogP contribution in [0, 0.1) is 20.2 Å².